The zero-order valence-corrected chi connectivity index (χ0v) is 12.3. The molecule has 1 aromatic heterocycles. The molecule has 0 bridgehead atoms. The van der Waals surface area contributed by atoms with Crippen molar-refractivity contribution < 1.29 is 9.90 Å². The van der Waals surface area contributed by atoms with Crippen molar-refractivity contribution in [2.75, 3.05) is 6.54 Å². The van der Waals surface area contributed by atoms with E-state index < -0.39 is 6.10 Å². The number of aromatic nitrogens is 3. The van der Waals surface area contributed by atoms with Gasteiger partial charge in [-0.25, -0.2) is 4.68 Å². The Kier molecular flexibility index (Phi) is 4.19. The van der Waals surface area contributed by atoms with Crippen LogP contribution in [-0.2, 0) is 11.3 Å². The molecule has 7 heteroatoms. The molecule has 1 aliphatic heterocycles. The van der Waals surface area contributed by atoms with Crippen molar-refractivity contribution >= 4 is 28.4 Å². The van der Waals surface area contributed by atoms with Gasteiger partial charge in [0.05, 0.1) is 11.6 Å². The number of Topliss-reactive ketones (excluding diaryl/α,β-unsaturated/α-hetero) is 1. The van der Waals surface area contributed by atoms with Crippen LogP contribution in [0.15, 0.2) is 18.2 Å². The van der Waals surface area contributed by atoms with Gasteiger partial charge < -0.3 is 10.4 Å². The molecular formula is C14H17ClN4O2. The van der Waals surface area contributed by atoms with Gasteiger partial charge in [0.1, 0.15) is 12.1 Å². The Morgan fingerprint density at radius 1 is 1.52 bits per heavy atom. The summed E-state index contributed by atoms with van der Waals surface area (Å²) in [6.45, 7) is 0.985. The molecule has 0 saturated carbocycles. The summed E-state index contributed by atoms with van der Waals surface area (Å²) < 4.78 is 1.55. The van der Waals surface area contributed by atoms with Gasteiger partial charge in [0.2, 0.25) is 0 Å². The van der Waals surface area contributed by atoms with E-state index in [1.807, 2.05) is 0 Å². The summed E-state index contributed by atoms with van der Waals surface area (Å²) in [5, 5.41) is 21.7. The molecule has 6 nitrogen and oxygen atoms in total. The first kappa shape index (κ1) is 14.4. The van der Waals surface area contributed by atoms with Gasteiger partial charge >= 0.3 is 0 Å². The Hall–Kier alpha value is -1.50. The Bertz CT molecular complexity index is 657. The largest absolute Gasteiger partial charge is 0.391 e. The van der Waals surface area contributed by atoms with Gasteiger partial charge in [-0.05, 0) is 37.6 Å². The average Bonchev–Trinajstić information content (AvgIpc) is 2.84. The van der Waals surface area contributed by atoms with E-state index in [4.69, 9.17) is 11.6 Å². The lowest BCUT2D eigenvalue weighted by atomic mass is 9.97. The van der Waals surface area contributed by atoms with Gasteiger partial charge in [-0.3, -0.25) is 4.79 Å². The number of halogens is 1. The number of rotatable bonds is 4. The first-order chi connectivity index (χ1) is 10.1. The van der Waals surface area contributed by atoms with Crippen molar-refractivity contribution in [1.82, 2.24) is 20.3 Å². The molecule has 1 aromatic carbocycles. The zero-order chi connectivity index (χ0) is 14.8. The number of carbonyl (C=O) groups excluding carboxylic acids is 1. The minimum atomic E-state index is -0.454. The Balaban J connectivity index is 1.70. The lowest BCUT2D eigenvalue weighted by molar-refractivity contribution is -0.121. The number of benzene rings is 1. The Labute approximate surface area is 127 Å². The average molecular weight is 309 g/mol. The van der Waals surface area contributed by atoms with Crippen molar-refractivity contribution in [3.63, 3.8) is 0 Å². The third-order valence-electron chi connectivity index (χ3n) is 3.80. The van der Waals surface area contributed by atoms with Crippen LogP contribution in [0.4, 0.5) is 0 Å². The second-order valence-electron chi connectivity index (χ2n) is 5.39. The van der Waals surface area contributed by atoms with E-state index in [0.717, 1.165) is 24.9 Å². The number of fused-ring (bicyclic) bond motifs is 1. The predicted octanol–water partition coefficient (Wildman–Crippen LogP) is 1.16. The van der Waals surface area contributed by atoms with E-state index >= 15 is 0 Å². The van der Waals surface area contributed by atoms with Gasteiger partial charge in [-0.1, -0.05) is 16.8 Å². The number of nitrogens with zero attached hydrogens (tertiary/aromatic N) is 3. The molecule has 21 heavy (non-hydrogen) atoms. The molecule has 3 rings (SSSR count). The third-order valence-corrected chi connectivity index (χ3v) is 4.03. The van der Waals surface area contributed by atoms with Gasteiger partial charge in [-0.2, -0.15) is 0 Å². The molecule has 1 saturated heterocycles. The predicted molar refractivity (Wildman–Crippen MR) is 79.2 cm³/mol. The minimum absolute atomic E-state index is 0.0141. The quantitative estimate of drug-likeness (QED) is 0.886. The standard InChI is InChI=1S/C14H17ClN4O2/c15-9-3-4-11-13(6-9)19(18-17-11)8-10(20)7-12-14(21)2-1-5-16-12/h3-4,6,12,14,16,21H,1-2,5,7-8H2/t12-,14+/m1/s1. The highest BCUT2D eigenvalue weighted by Crippen LogP contribution is 2.18. The molecule has 0 unspecified atom stereocenters. The first-order valence-electron chi connectivity index (χ1n) is 7.05. The molecule has 1 fully saturated rings. The van der Waals surface area contributed by atoms with Crippen LogP contribution in [0.5, 0.6) is 0 Å². The maximum atomic E-state index is 12.2. The van der Waals surface area contributed by atoms with E-state index in [2.05, 4.69) is 15.6 Å². The van der Waals surface area contributed by atoms with Crippen LogP contribution in [0, 0.1) is 0 Å². The van der Waals surface area contributed by atoms with Gasteiger partial charge in [0, 0.05) is 17.5 Å². The maximum absolute atomic E-state index is 12.2. The molecule has 2 heterocycles. The number of ketones is 1. The number of aliphatic hydroxyl groups excluding tert-OH is 1. The molecule has 2 atom stereocenters. The summed E-state index contributed by atoms with van der Waals surface area (Å²) in [5.41, 5.74) is 1.45. The fourth-order valence-corrected chi connectivity index (χ4v) is 2.84. The minimum Gasteiger partial charge on any atom is -0.391 e. The summed E-state index contributed by atoms with van der Waals surface area (Å²) in [5.74, 6) is 0.0141. The lowest BCUT2D eigenvalue weighted by Gasteiger charge is -2.28. The molecule has 0 spiro atoms. The zero-order valence-electron chi connectivity index (χ0n) is 11.5. The van der Waals surface area contributed by atoms with Gasteiger partial charge in [0.25, 0.3) is 0 Å². The second-order valence-corrected chi connectivity index (χ2v) is 5.83. The summed E-state index contributed by atoms with van der Waals surface area (Å²) in [6.07, 6.45) is 1.53. The second kappa shape index (κ2) is 6.09. The molecule has 0 aliphatic carbocycles. The molecule has 2 aromatic rings. The van der Waals surface area contributed by atoms with Crippen LogP contribution >= 0.6 is 11.6 Å². The Morgan fingerprint density at radius 2 is 2.38 bits per heavy atom. The van der Waals surface area contributed by atoms with E-state index in [0.29, 0.717) is 17.0 Å². The van der Waals surface area contributed by atoms with E-state index in [1.54, 1.807) is 22.9 Å². The van der Waals surface area contributed by atoms with Crippen molar-refractivity contribution in [2.24, 2.45) is 0 Å². The van der Waals surface area contributed by atoms with Crippen molar-refractivity contribution in [3.8, 4) is 0 Å². The van der Waals surface area contributed by atoms with Crippen LogP contribution in [0.2, 0.25) is 5.02 Å². The molecule has 2 N–H and O–H groups in total. The van der Waals surface area contributed by atoms with Crippen molar-refractivity contribution in [3.05, 3.63) is 23.2 Å². The number of nitrogens with one attached hydrogen (secondary N) is 1. The normalized spacial score (nSPS) is 22.6. The van der Waals surface area contributed by atoms with Crippen LogP contribution in [-0.4, -0.2) is 44.6 Å². The highest BCUT2D eigenvalue weighted by Gasteiger charge is 2.25. The topological polar surface area (TPSA) is 80.0 Å². The number of aliphatic hydroxyl groups is 1. The number of piperidine rings is 1. The lowest BCUT2D eigenvalue weighted by Crippen LogP contribution is -2.46. The van der Waals surface area contributed by atoms with Crippen LogP contribution < -0.4 is 5.32 Å². The molecule has 0 amide bonds. The van der Waals surface area contributed by atoms with E-state index in [-0.39, 0.29) is 18.4 Å². The van der Waals surface area contributed by atoms with Crippen LogP contribution in [0.3, 0.4) is 0 Å². The number of hydrogen-bond donors (Lipinski definition) is 2. The fourth-order valence-electron chi connectivity index (χ4n) is 2.68. The summed E-state index contributed by atoms with van der Waals surface area (Å²) in [4.78, 5) is 12.2. The van der Waals surface area contributed by atoms with Crippen LogP contribution in [0.25, 0.3) is 11.0 Å². The smallest absolute Gasteiger partial charge is 0.156 e. The Morgan fingerprint density at radius 3 is 3.19 bits per heavy atom. The number of hydrogen-bond acceptors (Lipinski definition) is 5. The highest BCUT2D eigenvalue weighted by atomic mass is 35.5. The molecular weight excluding hydrogens is 292 g/mol. The monoisotopic (exact) mass is 308 g/mol. The van der Waals surface area contributed by atoms with Crippen molar-refractivity contribution in [2.45, 2.75) is 38.0 Å². The van der Waals surface area contributed by atoms with E-state index in [9.17, 15) is 9.90 Å². The SMILES string of the molecule is O=C(C[C@H]1NCCC[C@@H]1O)Cn1nnc2ccc(Cl)cc21. The number of carbonyl (C=O) groups is 1. The highest BCUT2D eigenvalue weighted by molar-refractivity contribution is 6.31. The molecule has 0 radical (unpaired) electrons. The van der Waals surface area contributed by atoms with Gasteiger partial charge in [0.15, 0.2) is 5.78 Å². The summed E-state index contributed by atoms with van der Waals surface area (Å²) in [7, 11) is 0. The maximum Gasteiger partial charge on any atom is 0.156 e. The molecule has 1 aliphatic rings. The first-order valence-corrected chi connectivity index (χ1v) is 7.43. The fraction of sp³-hybridized carbons (Fsp3) is 0.500. The van der Waals surface area contributed by atoms with Crippen LogP contribution in [0.1, 0.15) is 19.3 Å². The summed E-state index contributed by atoms with van der Waals surface area (Å²) >= 11 is 5.96. The molecule has 112 valence electrons. The third kappa shape index (κ3) is 3.23. The van der Waals surface area contributed by atoms with Gasteiger partial charge in [-0.15, -0.1) is 5.10 Å². The van der Waals surface area contributed by atoms with Crippen molar-refractivity contribution in [1.29, 1.82) is 0 Å². The summed E-state index contributed by atoms with van der Waals surface area (Å²) in [6, 6.07) is 5.10. The van der Waals surface area contributed by atoms with E-state index in [1.165, 1.54) is 0 Å².